The number of aryl methyl sites for hydroxylation is 1. The van der Waals surface area contributed by atoms with Crippen LogP contribution in [0.5, 0.6) is 0 Å². The molecule has 4 rings (SSSR count). The number of fused-ring (bicyclic) bond motifs is 3. The molecule has 2 nitrogen and oxygen atoms in total. The lowest BCUT2D eigenvalue weighted by Crippen LogP contribution is -2.59. The highest BCUT2D eigenvalue weighted by Crippen LogP contribution is 2.48. The average Bonchev–Trinajstić information content (AvgIpc) is 2.67. The third-order valence-corrected chi connectivity index (χ3v) is 4.87. The second-order valence-electron chi connectivity index (χ2n) is 5.84. The van der Waals surface area contributed by atoms with Gasteiger partial charge in [-0.2, -0.15) is 0 Å². The van der Waals surface area contributed by atoms with Crippen molar-refractivity contribution in [2.75, 3.05) is 18.0 Å². The molecule has 2 heteroatoms. The number of benzene rings is 1. The van der Waals surface area contributed by atoms with E-state index in [9.17, 15) is 0 Å². The molecule has 0 unspecified atom stereocenters. The molecule has 0 amide bonds. The summed E-state index contributed by atoms with van der Waals surface area (Å²) >= 11 is 0. The second-order valence-corrected chi connectivity index (χ2v) is 5.84. The molecule has 0 spiro atoms. The molecule has 3 aliphatic rings. The predicted octanol–water partition coefficient (Wildman–Crippen LogP) is 2.42. The van der Waals surface area contributed by atoms with Crippen molar-refractivity contribution in [3.63, 3.8) is 0 Å². The molecule has 1 aromatic rings. The fourth-order valence-electron chi connectivity index (χ4n) is 4.21. The van der Waals surface area contributed by atoms with E-state index >= 15 is 0 Å². The van der Waals surface area contributed by atoms with Gasteiger partial charge in [0.2, 0.25) is 0 Å². The lowest BCUT2D eigenvalue weighted by atomic mass is 9.78. The Hall–Kier alpha value is -1.02. The van der Waals surface area contributed by atoms with E-state index in [1.807, 2.05) is 0 Å². The zero-order valence-electron chi connectivity index (χ0n) is 10.4. The Kier molecular flexibility index (Phi) is 2.04. The van der Waals surface area contributed by atoms with E-state index < -0.39 is 0 Å². The quantitative estimate of drug-likeness (QED) is 0.733. The van der Waals surface area contributed by atoms with Crippen LogP contribution in [-0.4, -0.2) is 25.2 Å². The molecule has 1 saturated heterocycles. The van der Waals surface area contributed by atoms with Gasteiger partial charge in [0.25, 0.3) is 0 Å². The second kappa shape index (κ2) is 3.49. The van der Waals surface area contributed by atoms with E-state index in [4.69, 9.17) is 0 Å². The summed E-state index contributed by atoms with van der Waals surface area (Å²) in [5.74, 6) is 0.788. The first-order valence-corrected chi connectivity index (χ1v) is 6.95. The van der Waals surface area contributed by atoms with Crippen LogP contribution >= 0.6 is 0 Å². The minimum atomic E-state index is 0.732. The van der Waals surface area contributed by atoms with E-state index in [0.29, 0.717) is 0 Å². The summed E-state index contributed by atoms with van der Waals surface area (Å²) in [4.78, 5) is 2.68. The van der Waals surface area contributed by atoms with Crippen LogP contribution in [-0.2, 0) is 0 Å². The molecule has 1 N–H and O–H groups in total. The van der Waals surface area contributed by atoms with Crippen LogP contribution < -0.4 is 10.2 Å². The molecule has 1 aromatic carbocycles. The molecule has 1 aliphatic carbocycles. The van der Waals surface area contributed by atoms with Gasteiger partial charge in [0.15, 0.2) is 0 Å². The number of nitrogens with one attached hydrogen (secondary N) is 1. The summed E-state index contributed by atoms with van der Waals surface area (Å²) in [6, 6.07) is 8.53. The fourth-order valence-corrected chi connectivity index (χ4v) is 4.21. The van der Waals surface area contributed by atoms with Crippen molar-refractivity contribution in [3.05, 3.63) is 29.3 Å². The Bertz CT molecular complexity index is 452. The number of hydrogen-bond acceptors (Lipinski definition) is 2. The van der Waals surface area contributed by atoms with Gasteiger partial charge in [-0.25, -0.2) is 0 Å². The number of nitrogens with zero attached hydrogens (tertiary/aromatic N) is 1. The van der Waals surface area contributed by atoms with Crippen LogP contribution in [0.2, 0.25) is 0 Å². The Labute approximate surface area is 103 Å². The van der Waals surface area contributed by atoms with Crippen molar-refractivity contribution in [2.45, 2.75) is 44.2 Å². The summed E-state index contributed by atoms with van der Waals surface area (Å²) in [6.45, 7) is 4.56. The molecule has 3 atom stereocenters. The van der Waals surface area contributed by atoms with Gasteiger partial charge in [0.05, 0.1) is 6.04 Å². The van der Waals surface area contributed by atoms with E-state index in [0.717, 1.165) is 24.5 Å². The Morgan fingerprint density at radius 2 is 2.24 bits per heavy atom. The van der Waals surface area contributed by atoms with Crippen LogP contribution in [0, 0.1) is 6.92 Å². The highest BCUT2D eigenvalue weighted by Gasteiger charge is 2.46. The lowest BCUT2D eigenvalue weighted by molar-refractivity contribution is 0.270. The zero-order valence-corrected chi connectivity index (χ0v) is 10.4. The Balaban J connectivity index is 1.85. The van der Waals surface area contributed by atoms with Gasteiger partial charge < -0.3 is 10.2 Å². The van der Waals surface area contributed by atoms with Crippen molar-refractivity contribution < 1.29 is 0 Å². The normalized spacial score (nSPS) is 34.4. The molecule has 2 aliphatic heterocycles. The summed E-state index contributed by atoms with van der Waals surface area (Å²) < 4.78 is 0. The first-order chi connectivity index (χ1) is 8.34. The Morgan fingerprint density at radius 3 is 3.18 bits per heavy atom. The van der Waals surface area contributed by atoms with Crippen molar-refractivity contribution in [3.8, 4) is 0 Å². The molecule has 90 valence electrons. The lowest BCUT2D eigenvalue weighted by Gasteiger charge is -2.44. The maximum Gasteiger partial charge on any atom is 0.0513 e. The minimum absolute atomic E-state index is 0.732. The molecule has 2 heterocycles. The summed E-state index contributed by atoms with van der Waals surface area (Å²) in [5.41, 5.74) is 4.57. The first-order valence-electron chi connectivity index (χ1n) is 6.95. The third kappa shape index (κ3) is 1.30. The molecule has 1 saturated carbocycles. The van der Waals surface area contributed by atoms with Gasteiger partial charge in [-0.05, 0) is 31.4 Å². The van der Waals surface area contributed by atoms with Crippen LogP contribution in [0.3, 0.4) is 0 Å². The molecule has 0 aromatic heterocycles. The van der Waals surface area contributed by atoms with Gasteiger partial charge in [0, 0.05) is 30.7 Å². The van der Waals surface area contributed by atoms with Crippen molar-refractivity contribution in [1.82, 2.24) is 5.32 Å². The SMILES string of the molecule is Cc1ccc2c(c1)[C@H]1CCC[C@H]3NCCN2[C@H]13. The molecular weight excluding hydrogens is 208 g/mol. The van der Waals surface area contributed by atoms with Crippen molar-refractivity contribution >= 4 is 5.69 Å². The summed E-state index contributed by atoms with van der Waals surface area (Å²) in [7, 11) is 0. The highest BCUT2D eigenvalue weighted by molar-refractivity contribution is 5.64. The first kappa shape index (κ1) is 9.95. The van der Waals surface area contributed by atoms with Crippen LogP contribution in [0.1, 0.15) is 36.3 Å². The molecule has 17 heavy (non-hydrogen) atoms. The van der Waals surface area contributed by atoms with Crippen molar-refractivity contribution in [1.29, 1.82) is 0 Å². The number of anilines is 1. The van der Waals surface area contributed by atoms with Gasteiger partial charge in [-0.3, -0.25) is 0 Å². The van der Waals surface area contributed by atoms with Crippen LogP contribution in [0.15, 0.2) is 18.2 Å². The Morgan fingerprint density at radius 1 is 1.29 bits per heavy atom. The van der Waals surface area contributed by atoms with Gasteiger partial charge in [0.1, 0.15) is 0 Å². The monoisotopic (exact) mass is 228 g/mol. The van der Waals surface area contributed by atoms with E-state index in [1.165, 1.54) is 37.1 Å². The molecule has 0 bridgehead atoms. The zero-order chi connectivity index (χ0) is 11.4. The molecular formula is C15H20N2. The topological polar surface area (TPSA) is 15.3 Å². The summed E-state index contributed by atoms with van der Waals surface area (Å²) in [5, 5.41) is 3.73. The number of rotatable bonds is 0. The summed E-state index contributed by atoms with van der Waals surface area (Å²) in [6.07, 6.45) is 4.14. The van der Waals surface area contributed by atoms with E-state index in [-0.39, 0.29) is 0 Å². The maximum absolute atomic E-state index is 3.73. The largest absolute Gasteiger partial charge is 0.365 e. The highest BCUT2D eigenvalue weighted by atomic mass is 15.3. The standard InChI is InChI=1S/C15H20N2/c1-10-5-6-14-12(9-10)11-3-2-4-13-15(11)17(14)8-7-16-13/h5-6,9,11,13,15-16H,2-4,7-8H2,1H3/t11-,13-,15-/m1/s1. The number of hydrogen-bond donors (Lipinski definition) is 1. The smallest absolute Gasteiger partial charge is 0.0513 e. The van der Waals surface area contributed by atoms with E-state index in [1.54, 1.807) is 5.56 Å². The average molecular weight is 228 g/mol. The van der Waals surface area contributed by atoms with Gasteiger partial charge in [-0.15, -0.1) is 0 Å². The molecule has 2 fully saturated rings. The number of piperazine rings is 1. The third-order valence-electron chi connectivity index (χ3n) is 4.87. The fraction of sp³-hybridized carbons (Fsp3) is 0.600. The van der Waals surface area contributed by atoms with Gasteiger partial charge >= 0.3 is 0 Å². The maximum atomic E-state index is 3.73. The van der Waals surface area contributed by atoms with Crippen LogP contribution in [0.4, 0.5) is 5.69 Å². The van der Waals surface area contributed by atoms with Crippen molar-refractivity contribution in [2.24, 2.45) is 0 Å². The van der Waals surface area contributed by atoms with E-state index in [2.05, 4.69) is 35.3 Å². The molecule has 0 radical (unpaired) electrons. The van der Waals surface area contributed by atoms with Gasteiger partial charge in [-0.1, -0.05) is 24.1 Å². The minimum Gasteiger partial charge on any atom is -0.365 e. The van der Waals surface area contributed by atoms with Crippen LogP contribution in [0.25, 0.3) is 0 Å². The predicted molar refractivity (Wildman–Crippen MR) is 70.7 cm³/mol.